The van der Waals surface area contributed by atoms with E-state index in [2.05, 4.69) is 17.1 Å². The lowest BCUT2D eigenvalue weighted by Gasteiger charge is -2.47. The summed E-state index contributed by atoms with van der Waals surface area (Å²) in [5.41, 5.74) is 0.140. The summed E-state index contributed by atoms with van der Waals surface area (Å²) in [6, 6.07) is 0.206. The number of hydrogen-bond acceptors (Lipinski definition) is 4. The van der Waals surface area contributed by atoms with Crippen LogP contribution in [0.4, 0.5) is 0 Å². The van der Waals surface area contributed by atoms with Crippen molar-refractivity contribution < 1.29 is 14.3 Å². The highest BCUT2D eigenvalue weighted by atomic mass is 16.5. The van der Waals surface area contributed by atoms with Gasteiger partial charge in [-0.05, 0) is 45.4 Å². The molecule has 0 radical (unpaired) electrons. The molecule has 3 aliphatic rings. The van der Waals surface area contributed by atoms with Gasteiger partial charge in [-0.15, -0.1) is 0 Å². The SMILES string of the molecule is C[C@@H](NC(=O)CC[C@H]1CCCCO1)C1(N2CCOCC2)CCCC1. The van der Waals surface area contributed by atoms with Crippen LogP contribution in [0.5, 0.6) is 0 Å². The number of nitrogens with zero attached hydrogens (tertiary/aromatic N) is 1. The average molecular weight is 338 g/mol. The molecule has 5 nitrogen and oxygen atoms in total. The van der Waals surface area contributed by atoms with Crippen molar-refractivity contribution in [3.8, 4) is 0 Å². The fourth-order valence-corrected chi connectivity index (χ4v) is 4.79. The van der Waals surface area contributed by atoms with Gasteiger partial charge in [0.05, 0.1) is 19.3 Å². The first-order valence-corrected chi connectivity index (χ1v) is 9.94. The van der Waals surface area contributed by atoms with Gasteiger partial charge < -0.3 is 14.8 Å². The van der Waals surface area contributed by atoms with Gasteiger partial charge in [-0.1, -0.05) is 12.8 Å². The normalized spacial score (nSPS) is 29.3. The molecule has 5 heteroatoms. The largest absolute Gasteiger partial charge is 0.379 e. The van der Waals surface area contributed by atoms with Gasteiger partial charge in [-0.3, -0.25) is 9.69 Å². The molecule has 138 valence electrons. The summed E-state index contributed by atoms with van der Waals surface area (Å²) in [6.07, 6.45) is 10.2. The number of nitrogens with one attached hydrogen (secondary N) is 1. The van der Waals surface area contributed by atoms with Gasteiger partial charge in [0.2, 0.25) is 5.91 Å². The van der Waals surface area contributed by atoms with Crippen molar-refractivity contribution in [3.05, 3.63) is 0 Å². The lowest BCUT2D eigenvalue weighted by atomic mass is 9.86. The maximum Gasteiger partial charge on any atom is 0.220 e. The van der Waals surface area contributed by atoms with Crippen LogP contribution in [0.25, 0.3) is 0 Å². The first-order valence-electron chi connectivity index (χ1n) is 9.94. The van der Waals surface area contributed by atoms with Crippen LogP contribution in [0.3, 0.4) is 0 Å². The van der Waals surface area contributed by atoms with Gasteiger partial charge in [-0.25, -0.2) is 0 Å². The zero-order valence-electron chi connectivity index (χ0n) is 15.2. The van der Waals surface area contributed by atoms with Crippen LogP contribution in [0.2, 0.25) is 0 Å². The molecule has 1 saturated carbocycles. The van der Waals surface area contributed by atoms with Gasteiger partial charge in [0, 0.05) is 37.7 Å². The van der Waals surface area contributed by atoms with E-state index in [-0.39, 0.29) is 17.5 Å². The fourth-order valence-electron chi connectivity index (χ4n) is 4.79. The molecule has 3 fully saturated rings. The minimum absolute atomic E-state index is 0.140. The smallest absolute Gasteiger partial charge is 0.220 e. The van der Waals surface area contributed by atoms with Gasteiger partial charge in [0.25, 0.3) is 0 Å². The molecule has 0 aromatic carbocycles. The molecule has 0 aromatic heterocycles. The lowest BCUT2D eigenvalue weighted by Crippen LogP contribution is -2.62. The maximum atomic E-state index is 12.5. The van der Waals surface area contributed by atoms with Gasteiger partial charge in [0.1, 0.15) is 0 Å². The van der Waals surface area contributed by atoms with Crippen LogP contribution >= 0.6 is 0 Å². The predicted molar refractivity (Wildman–Crippen MR) is 94.0 cm³/mol. The number of hydrogen-bond donors (Lipinski definition) is 1. The van der Waals surface area contributed by atoms with E-state index >= 15 is 0 Å². The van der Waals surface area contributed by atoms with E-state index in [1.165, 1.54) is 38.5 Å². The van der Waals surface area contributed by atoms with Gasteiger partial charge in [0.15, 0.2) is 0 Å². The Morgan fingerprint density at radius 3 is 2.58 bits per heavy atom. The molecule has 2 atom stereocenters. The molecular weight excluding hydrogens is 304 g/mol. The van der Waals surface area contributed by atoms with Crippen LogP contribution in [-0.2, 0) is 14.3 Å². The number of carbonyl (C=O) groups is 1. The number of carbonyl (C=O) groups excluding carboxylic acids is 1. The Morgan fingerprint density at radius 2 is 1.92 bits per heavy atom. The lowest BCUT2D eigenvalue weighted by molar-refractivity contribution is -0.124. The molecule has 0 bridgehead atoms. The zero-order chi connectivity index (χ0) is 16.8. The summed E-state index contributed by atoms with van der Waals surface area (Å²) < 4.78 is 11.3. The topological polar surface area (TPSA) is 50.8 Å². The molecule has 0 spiro atoms. The molecule has 1 aliphatic carbocycles. The summed E-state index contributed by atoms with van der Waals surface area (Å²) in [4.78, 5) is 15.1. The van der Waals surface area contributed by atoms with Crippen molar-refractivity contribution in [2.75, 3.05) is 32.9 Å². The Hall–Kier alpha value is -0.650. The van der Waals surface area contributed by atoms with Crippen molar-refractivity contribution in [2.45, 2.75) is 82.4 Å². The van der Waals surface area contributed by atoms with Crippen molar-refractivity contribution in [2.24, 2.45) is 0 Å². The van der Waals surface area contributed by atoms with Crippen LogP contribution < -0.4 is 5.32 Å². The molecule has 1 amide bonds. The molecular formula is C19H34N2O3. The van der Waals surface area contributed by atoms with E-state index < -0.39 is 0 Å². The highest BCUT2D eigenvalue weighted by Gasteiger charge is 2.44. The Bertz CT molecular complexity index is 397. The second-order valence-corrected chi connectivity index (χ2v) is 7.73. The van der Waals surface area contributed by atoms with E-state index in [0.29, 0.717) is 12.5 Å². The first-order chi connectivity index (χ1) is 11.7. The van der Waals surface area contributed by atoms with Crippen LogP contribution in [0, 0.1) is 0 Å². The average Bonchev–Trinajstić information content (AvgIpc) is 3.13. The van der Waals surface area contributed by atoms with E-state index in [9.17, 15) is 4.79 Å². The number of ether oxygens (including phenoxy) is 2. The molecule has 0 unspecified atom stereocenters. The molecule has 0 aromatic rings. The summed E-state index contributed by atoms with van der Waals surface area (Å²) >= 11 is 0. The molecule has 1 N–H and O–H groups in total. The molecule has 3 rings (SSSR count). The Morgan fingerprint density at radius 1 is 1.17 bits per heavy atom. The van der Waals surface area contributed by atoms with E-state index in [0.717, 1.165) is 45.8 Å². The van der Waals surface area contributed by atoms with Gasteiger partial charge in [-0.2, -0.15) is 0 Å². The first kappa shape index (κ1) is 18.2. The van der Waals surface area contributed by atoms with E-state index in [4.69, 9.17) is 9.47 Å². The summed E-state index contributed by atoms with van der Waals surface area (Å²) in [5.74, 6) is 0.191. The Balaban J connectivity index is 1.51. The Kier molecular flexibility index (Phi) is 6.53. The van der Waals surface area contributed by atoms with Crippen molar-refractivity contribution in [1.82, 2.24) is 10.2 Å². The zero-order valence-corrected chi connectivity index (χ0v) is 15.2. The third kappa shape index (κ3) is 4.30. The van der Waals surface area contributed by atoms with Crippen LogP contribution in [-0.4, -0.2) is 61.4 Å². The molecule has 2 saturated heterocycles. The second kappa shape index (κ2) is 8.63. The number of morpholine rings is 1. The van der Waals surface area contributed by atoms with E-state index in [1.807, 2.05) is 0 Å². The van der Waals surface area contributed by atoms with Crippen LogP contribution in [0.15, 0.2) is 0 Å². The summed E-state index contributed by atoms with van der Waals surface area (Å²) in [7, 11) is 0. The second-order valence-electron chi connectivity index (χ2n) is 7.73. The van der Waals surface area contributed by atoms with Crippen molar-refractivity contribution in [3.63, 3.8) is 0 Å². The Labute approximate surface area is 146 Å². The minimum atomic E-state index is 0.140. The summed E-state index contributed by atoms with van der Waals surface area (Å²) in [6.45, 7) is 6.70. The molecule has 24 heavy (non-hydrogen) atoms. The molecule has 2 heterocycles. The third-order valence-electron chi connectivity index (χ3n) is 6.26. The fraction of sp³-hybridized carbons (Fsp3) is 0.947. The number of amides is 1. The van der Waals surface area contributed by atoms with E-state index in [1.54, 1.807) is 0 Å². The monoisotopic (exact) mass is 338 g/mol. The highest BCUT2D eigenvalue weighted by molar-refractivity contribution is 5.76. The number of rotatable bonds is 6. The third-order valence-corrected chi connectivity index (χ3v) is 6.26. The van der Waals surface area contributed by atoms with Crippen molar-refractivity contribution in [1.29, 1.82) is 0 Å². The quantitative estimate of drug-likeness (QED) is 0.808. The van der Waals surface area contributed by atoms with Crippen molar-refractivity contribution >= 4 is 5.91 Å². The standard InChI is InChI=1S/C19H34N2O3/c1-16(20-18(22)8-7-17-6-2-5-13-24-17)19(9-3-4-10-19)21-11-14-23-15-12-21/h16-17H,2-15H2,1H3,(H,20,22)/t16-,17-/m1/s1. The van der Waals surface area contributed by atoms with Crippen LogP contribution in [0.1, 0.15) is 64.7 Å². The van der Waals surface area contributed by atoms with Gasteiger partial charge >= 0.3 is 0 Å². The minimum Gasteiger partial charge on any atom is -0.379 e. The predicted octanol–water partition coefficient (Wildman–Crippen LogP) is 2.49. The molecule has 2 aliphatic heterocycles. The summed E-state index contributed by atoms with van der Waals surface area (Å²) in [5, 5.41) is 3.32. The highest BCUT2D eigenvalue weighted by Crippen LogP contribution is 2.38. The maximum absolute atomic E-state index is 12.5.